The first kappa shape index (κ1) is 14.8. The van der Waals surface area contributed by atoms with Crippen molar-refractivity contribution in [3.63, 3.8) is 0 Å². The minimum Gasteiger partial charge on any atom is -0.496 e. The summed E-state index contributed by atoms with van der Waals surface area (Å²) < 4.78 is 5.47. The van der Waals surface area contributed by atoms with E-state index in [0.717, 1.165) is 22.4 Å². The lowest BCUT2D eigenvalue weighted by Crippen LogP contribution is -2.09. The lowest BCUT2D eigenvalue weighted by atomic mass is 9.96. The zero-order chi connectivity index (χ0) is 15.2. The first-order valence-electron chi connectivity index (χ1n) is 7.98. The monoisotopic (exact) mass is 294 g/mol. The lowest BCUT2D eigenvalue weighted by Gasteiger charge is -2.17. The van der Waals surface area contributed by atoms with E-state index in [2.05, 4.69) is 17.1 Å². The fraction of sp³-hybridized carbons (Fsp3) is 0.368. The van der Waals surface area contributed by atoms with E-state index < -0.39 is 0 Å². The number of aliphatic imine (C=N–C) groups is 1. The highest BCUT2D eigenvalue weighted by atomic mass is 16.5. The van der Waals surface area contributed by atoms with Gasteiger partial charge in [0.15, 0.2) is 0 Å². The highest BCUT2D eigenvalue weighted by Crippen LogP contribution is 2.26. The van der Waals surface area contributed by atoms with Crippen LogP contribution in [0, 0.1) is 0 Å². The van der Waals surface area contributed by atoms with Crippen molar-refractivity contribution >= 4 is 6.21 Å². The van der Waals surface area contributed by atoms with E-state index in [1.165, 1.54) is 32.1 Å². The molecular formula is C19H22N2O. The third-order valence-corrected chi connectivity index (χ3v) is 4.24. The average Bonchev–Trinajstić information content (AvgIpc) is 2.61. The molecule has 22 heavy (non-hydrogen) atoms. The van der Waals surface area contributed by atoms with Gasteiger partial charge in [-0.15, -0.1) is 0 Å². The number of benzene rings is 1. The number of methoxy groups -OCH3 is 1. The molecule has 0 N–H and O–H groups in total. The van der Waals surface area contributed by atoms with E-state index in [1.54, 1.807) is 7.11 Å². The molecule has 1 aromatic heterocycles. The lowest BCUT2D eigenvalue weighted by molar-refractivity contribution is 0.414. The summed E-state index contributed by atoms with van der Waals surface area (Å²) in [6.45, 7) is 0. The minimum absolute atomic E-state index is 0.475. The number of hydrogen-bond donors (Lipinski definition) is 0. The number of pyridine rings is 1. The summed E-state index contributed by atoms with van der Waals surface area (Å²) in [5.41, 5.74) is 3.36. The van der Waals surface area contributed by atoms with Crippen LogP contribution >= 0.6 is 0 Å². The Labute approximate surface area is 132 Å². The maximum absolute atomic E-state index is 5.47. The zero-order valence-corrected chi connectivity index (χ0v) is 13.0. The fourth-order valence-electron chi connectivity index (χ4n) is 2.97. The van der Waals surface area contributed by atoms with Crippen molar-refractivity contribution in [1.29, 1.82) is 0 Å². The third kappa shape index (κ3) is 3.53. The van der Waals surface area contributed by atoms with E-state index in [-0.39, 0.29) is 0 Å². The van der Waals surface area contributed by atoms with E-state index in [1.807, 2.05) is 36.8 Å². The quantitative estimate of drug-likeness (QED) is 0.778. The molecule has 114 valence electrons. The van der Waals surface area contributed by atoms with Crippen LogP contribution in [-0.4, -0.2) is 24.4 Å². The summed E-state index contributed by atoms with van der Waals surface area (Å²) in [4.78, 5) is 8.85. The van der Waals surface area contributed by atoms with Gasteiger partial charge < -0.3 is 4.74 Å². The number of hydrogen-bond acceptors (Lipinski definition) is 3. The smallest absolute Gasteiger partial charge is 0.127 e. The second-order valence-electron chi connectivity index (χ2n) is 5.76. The van der Waals surface area contributed by atoms with Gasteiger partial charge >= 0.3 is 0 Å². The Kier molecular flexibility index (Phi) is 4.84. The van der Waals surface area contributed by atoms with Gasteiger partial charge in [-0.3, -0.25) is 9.98 Å². The molecule has 1 aliphatic carbocycles. The van der Waals surface area contributed by atoms with Gasteiger partial charge in [0.1, 0.15) is 5.75 Å². The Bertz CT molecular complexity index is 631. The van der Waals surface area contributed by atoms with Gasteiger partial charge in [0.2, 0.25) is 0 Å². The SMILES string of the molecule is COc1ccc(-c2ccncc2)cc1C=NC1CCCCC1. The molecular weight excluding hydrogens is 272 g/mol. The standard InChI is InChI=1S/C19H22N2O/c1-22-19-8-7-16(15-9-11-20-12-10-15)13-17(19)14-21-18-5-3-2-4-6-18/h7-14,18H,2-6H2,1H3. The molecule has 0 aliphatic heterocycles. The Hall–Kier alpha value is -2.16. The molecule has 0 atom stereocenters. The molecule has 1 saturated carbocycles. The summed E-state index contributed by atoms with van der Waals surface area (Å²) in [7, 11) is 1.71. The van der Waals surface area contributed by atoms with Gasteiger partial charge in [-0.1, -0.05) is 25.3 Å². The second kappa shape index (κ2) is 7.21. The number of rotatable bonds is 4. The summed E-state index contributed by atoms with van der Waals surface area (Å²) in [6, 6.07) is 10.7. The summed E-state index contributed by atoms with van der Waals surface area (Å²) in [5.74, 6) is 0.873. The van der Waals surface area contributed by atoms with Crippen LogP contribution in [0.4, 0.5) is 0 Å². The molecule has 3 nitrogen and oxygen atoms in total. The topological polar surface area (TPSA) is 34.5 Å². The third-order valence-electron chi connectivity index (χ3n) is 4.24. The van der Waals surface area contributed by atoms with Crippen LogP contribution < -0.4 is 4.74 Å². The van der Waals surface area contributed by atoms with E-state index >= 15 is 0 Å². The Morgan fingerprint density at radius 2 is 1.82 bits per heavy atom. The van der Waals surface area contributed by atoms with Crippen LogP contribution in [0.2, 0.25) is 0 Å². The molecule has 0 radical (unpaired) electrons. The normalized spacial score (nSPS) is 16.0. The largest absolute Gasteiger partial charge is 0.496 e. The van der Waals surface area contributed by atoms with Crippen LogP contribution in [0.5, 0.6) is 5.75 Å². The van der Waals surface area contributed by atoms with Crippen LogP contribution in [-0.2, 0) is 0 Å². The molecule has 0 bridgehead atoms. The Morgan fingerprint density at radius 1 is 1.05 bits per heavy atom. The predicted octanol–water partition coefficient (Wildman–Crippen LogP) is 4.51. The highest BCUT2D eigenvalue weighted by Gasteiger charge is 2.11. The molecule has 3 heteroatoms. The van der Waals surface area contributed by atoms with Crippen LogP contribution in [0.1, 0.15) is 37.7 Å². The predicted molar refractivity (Wildman–Crippen MR) is 90.7 cm³/mol. The zero-order valence-electron chi connectivity index (χ0n) is 13.0. The maximum atomic E-state index is 5.47. The van der Waals surface area contributed by atoms with E-state index in [4.69, 9.17) is 9.73 Å². The Morgan fingerprint density at radius 3 is 2.55 bits per heavy atom. The van der Waals surface area contributed by atoms with Crippen molar-refractivity contribution in [2.24, 2.45) is 4.99 Å². The fourth-order valence-corrected chi connectivity index (χ4v) is 2.97. The van der Waals surface area contributed by atoms with Gasteiger partial charge in [-0.05, 0) is 48.2 Å². The molecule has 0 spiro atoms. The molecule has 1 aliphatic rings. The van der Waals surface area contributed by atoms with Crippen molar-refractivity contribution < 1.29 is 4.74 Å². The first-order chi connectivity index (χ1) is 10.9. The molecule has 1 heterocycles. The summed E-state index contributed by atoms with van der Waals surface area (Å²) in [5, 5.41) is 0. The van der Waals surface area contributed by atoms with Gasteiger partial charge in [0.25, 0.3) is 0 Å². The maximum Gasteiger partial charge on any atom is 0.127 e. The number of aromatic nitrogens is 1. The molecule has 1 fully saturated rings. The molecule has 2 aromatic rings. The molecule has 0 unspecified atom stereocenters. The van der Waals surface area contributed by atoms with Gasteiger partial charge in [0.05, 0.1) is 7.11 Å². The van der Waals surface area contributed by atoms with Gasteiger partial charge in [-0.25, -0.2) is 0 Å². The van der Waals surface area contributed by atoms with Crippen molar-refractivity contribution in [2.75, 3.05) is 7.11 Å². The highest BCUT2D eigenvalue weighted by molar-refractivity contribution is 5.86. The van der Waals surface area contributed by atoms with Crippen LogP contribution in [0.3, 0.4) is 0 Å². The number of nitrogens with zero attached hydrogens (tertiary/aromatic N) is 2. The minimum atomic E-state index is 0.475. The van der Waals surface area contributed by atoms with Crippen LogP contribution in [0.25, 0.3) is 11.1 Å². The van der Waals surface area contributed by atoms with E-state index in [9.17, 15) is 0 Å². The van der Waals surface area contributed by atoms with Gasteiger partial charge in [0, 0.05) is 30.2 Å². The van der Waals surface area contributed by atoms with Crippen molar-refractivity contribution in [3.8, 4) is 16.9 Å². The summed E-state index contributed by atoms with van der Waals surface area (Å²) in [6.07, 6.45) is 12.0. The second-order valence-corrected chi connectivity index (χ2v) is 5.76. The van der Waals surface area contributed by atoms with E-state index in [0.29, 0.717) is 6.04 Å². The first-order valence-corrected chi connectivity index (χ1v) is 7.98. The summed E-state index contributed by atoms with van der Waals surface area (Å²) >= 11 is 0. The van der Waals surface area contributed by atoms with Crippen molar-refractivity contribution in [3.05, 3.63) is 48.3 Å². The van der Waals surface area contributed by atoms with Gasteiger partial charge in [-0.2, -0.15) is 0 Å². The number of ether oxygens (including phenoxy) is 1. The van der Waals surface area contributed by atoms with Crippen molar-refractivity contribution in [2.45, 2.75) is 38.1 Å². The molecule has 1 aromatic carbocycles. The Balaban J connectivity index is 1.86. The van der Waals surface area contributed by atoms with Crippen molar-refractivity contribution in [1.82, 2.24) is 4.98 Å². The molecule has 0 amide bonds. The average molecular weight is 294 g/mol. The van der Waals surface area contributed by atoms with Crippen LogP contribution in [0.15, 0.2) is 47.7 Å². The molecule has 3 rings (SSSR count). The molecule has 0 saturated heterocycles.